The van der Waals surface area contributed by atoms with Crippen molar-refractivity contribution in [3.63, 3.8) is 0 Å². The van der Waals surface area contributed by atoms with Gasteiger partial charge in [0.25, 0.3) is 0 Å². The third kappa shape index (κ3) is 4.97. The molecule has 0 saturated heterocycles. The number of nitrogens with zero attached hydrogens (tertiary/aromatic N) is 1. The summed E-state index contributed by atoms with van der Waals surface area (Å²) in [5, 5.41) is 18.7. The van der Waals surface area contributed by atoms with Crippen LogP contribution in [0.1, 0.15) is 77.7 Å². The Bertz CT molecular complexity index is 854. The maximum Gasteiger partial charge on any atom is 0.335 e. The molecule has 2 aromatic rings. The summed E-state index contributed by atoms with van der Waals surface area (Å²) in [7, 11) is 0. The molecule has 2 aromatic carbocycles. The molecule has 0 bridgehead atoms. The summed E-state index contributed by atoms with van der Waals surface area (Å²) in [6.07, 6.45) is 8.36. The van der Waals surface area contributed by atoms with Gasteiger partial charge in [-0.3, -0.25) is 0 Å². The number of rotatable bonds is 8. The summed E-state index contributed by atoms with van der Waals surface area (Å²) in [5.74, 6) is -0.263. The van der Waals surface area contributed by atoms with E-state index in [2.05, 4.69) is 13.0 Å². The van der Waals surface area contributed by atoms with Crippen LogP contribution < -0.4 is 0 Å². The number of unbranched alkanes of at least 4 members (excludes halogenated alkanes) is 3. The van der Waals surface area contributed by atoms with Crippen LogP contribution in [-0.4, -0.2) is 11.1 Å². The number of thioether (sulfide) groups is 1. The van der Waals surface area contributed by atoms with Crippen molar-refractivity contribution in [1.29, 1.82) is 5.26 Å². The Kier molecular flexibility index (Phi) is 7.17. The van der Waals surface area contributed by atoms with Crippen LogP contribution in [0.5, 0.6) is 0 Å². The number of carbonyl (C=O) groups is 1. The van der Waals surface area contributed by atoms with E-state index in [9.17, 15) is 9.90 Å². The number of fused-ring (bicyclic) bond motifs is 1. The molecule has 0 fully saturated rings. The van der Waals surface area contributed by atoms with Crippen LogP contribution in [0.15, 0.2) is 47.4 Å². The highest BCUT2D eigenvalue weighted by atomic mass is 32.2. The Labute approximate surface area is 171 Å². The maximum atomic E-state index is 11.4. The molecule has 0 saturated carbocycles. The van der Waals surface area contributed by atoms with Gasteiger partial charge in [-0.15, -0.1) is 11.8 Å². The average molecular weight is 394 g/mol. The summed E-state index contributed by atoms with van der Waals surface area (Å²) in [6.45, 7) is 2.24. The van der Waals surface area contributed by atoms with E-state index in [1.807, 2.05) is 48.2 Å². The molecule has 2 unspecified atom stereocenters. The second-order valence-electron chi connectivity index (χ2n) is 7.54. The van der Waals surface area contributed by atoms with E-state index in [0.717, 1.165) is 17.7 Å². The van der Waals surface area contributed by atoms with Gasteiger partial charge in [-0.05, 0) is 72.7 Å². The van der Waals surface area contributed by atoms with Crippen LogP contribution in [-0.2, 0) is 6.42 Å². The molecule has 1 aliphatic carbocycles. The van der Waals surface area contributed by atoms with Crippen molar-refractivity contribution in [3.05, 3.63) is 64.7 Å². The first kappa shape index (κ1) is 20.5. The number of aryl methyl sites for hydroxylation is 1. The number of carboxylic acid groups (broad SMARTS) is 1. The van der Waals surface area contributed by atoms with Crippen molar-refractivity contribution < 1.29 is 9.90 Å². The molecule has 3 rings (SSSR count). The zero-order chi connectivity index (χ0) is 19.9. The largest absolute Gasteiger partial charge is 0.478 e. The molecule has 146 valence electrons. The zero-order valence-corrected chi connectivity index (χ0v) is 17.2. The first-order valence-electron chi connectivity index (χ1n) is 10.1. The van der Waals surface area contributed by atoms with Gasteiger partial charge in [-0.2, -0.15) is 5.26 Å². The maximum absolute atomic E-state index is 11.4. The first-order valence-corrected chi connectivity index (χ1v) is 11.0. The fourth-order valence-electron chi connectivity index (χ4n) is 4.02. The molecular weight excluding hydrogens is 366 g/mol. The monoisotopic (exact) mass is 393 g/mol. The quantitative estimate of drug-likeness (QED) is 0.512. The van der Waals surface area contributed by atoms with Crippen LogP contribution in [0.4, 0.5) is 0 Å². The third-order valence-electron chi connectivity index (χ3n) is 5.58. The fourth-order valence-corrected chi connectivity index (χ4v) is 5.43. The van der Waals surface area contributed by atoms with Crippen molar-refractivity contribution in [2.24, 2.45) is 5.92 Å². The van der Waals surface area contributed by atoms with Crippen LogP contribution in [0.25, 0.3) is 0 Å². The lowest BCUT2D eigenvalue weighted by Gasteiger charge is -2.34. The molecule has 0 spiro atoms. The topological polar surface area (TPSA) is 61.1 Å². The molecule has 28 heavy (non-hydrogen) atoms. The van der Waals surface area contributed by atoms with Crippen LogP contribution >= 0.6 is 11.8 Å². The molecule has 0 heterocycles. The van der Waals surface area contributed by atoms with Crippen molar-refractivity contribution in [1.82, 2.24) is 0 Å². The van der Waals surface area contributed by atoms with Crippen LogP contribution in [0.2, 0.25) is 0 Å². The predicted octanol–water partition coefficient (Wildman–Crippen LogP) is 6.62. The van der Waals surface area contributed by atoms with Gasteiger partial charge in [0.2, 0.25) is 0 Å². The highest BCUT2D eigenvalue weighted by molar-refractivity contribution is 7.99. The zero-order valence-electron chi connectivity index (χ0n) is 16.4. The summed E-state index contributed by atoms with van der Waals surface area (Å²) in [5.41, 5.74) is 3.51. The van der Waals surface area contributed by atoms with Gasteiger partial charge >= 0.3 is 5.97 Å². The standard InChI is InChI=1S/C24H27NO2S/c1-2-3-4-5-6-18-9-10-19-15-20(24(26)27)11-14-22(19)23(18)28-21-12-7-17(16-25)8-13-21/h7-8,11-15,18,23H,2-6,9-10H2,1H3,(H,26,27). The van der Waals surface area contributed by atoms with E-state index < -0.39 is 5.97 Å². The minimum absolute atomic E-state index is 0.334. The van der Waals surface area contributed by atoms with Crippen molar-refractivity contribution in [2.75, 3.05) is 0 Å². The second-order valence-corrected chi connectivity index (χ2v) is 8.76. The summed E-state index contributed by atoms with van der Waals surface area (Å²) < 4.78 is 0. The van der Waals surface area contributed by atoms with Gasteiger partial charge in [0.15, 0.2) is 0 Å². The molecule has 1 N–H and O–H groups in total. The molecule has 1 aliphatic rings. The lowest BCUT2D eigenvalue weighted by molar-refractivity contribution is 0.0696. The van der Waals surface area contributed by atoms with Crippen LogP contribution in [0.3, 0.4) is 0 Å². The number of aromatic carboxylic acids is 1. The van der Waals surface area contributed by atoms with Gasteiger partial charge in [0.05, 0.1) is 17.2 Å². The Morgan fingerprint density at radius 1 is 1.18 bits per heavy atom. The smallest absolute Gasteiger partial charge is 0.335 e. The Balaban J connectivity index is 1.84. The van der Waals surface area contributed by atoms with Gasteiger partial charge in [0.1, 0.15) is 0 Å². The molecular formula is C24H27NO2S. The molecule has 4 heteroatoms. The molecule has 0 aromatic heterocycles. The molecule has 0 radical (unpaired) electrons. The highest BCUT2D eigenvalue weighted by Crippen LogP contribution is 2.48. The third-order valence-corrected chi connectivity index (χ3v) is 7.02. The summed E-state index contributed by atoms with van der Waals surface area (Å²) in [4.78, 5) is 12.5. The van der Waals surface area contributed by atoms with Crippen molar-refractivity contribution >= 4 is 17.7 Å². The van der Waals surface area contributed by atoms with Crippen molar-refractivity contribution in [3.8, 4) is 6.07 Å². The number of hydrogen-bond acceptors (Lipinski definition) is 3. The molecule has 3 nitrogen and oxygen atoms in total. The predicted molar refractivity (Wildman–Crippen MR) is 114 cm³/mol. The second kappa shape index (κ2) is 9.80. The summed E-state index contributed by atoms with van der Waals surface area (Å²) >= 11 is 1.86. The minimum Gasteiger partial charge on any atom is -0.478 e. The first-order chi connectivity index (χ1) is 13.6. The van der Waals surface area contributed by atoms with Crippen molar-refractivity contribution in [2.45, 2.75) is 62.0 Å². The van der Waals surface area contributed by atoms with Crippen LogP contribution in [0, 0.1) is 17.2 Å². The Morgan fingerprint density at radius 3 is 2.64 bits per heavy atom. The SMILES string of the molecule is CCCCCCC1CCc2cc(C(=O)O)ccc2C1Sc1ccc(C#N)cc1. The molecule has 2 atom stereocenters. The Morgan fingerprint density at radius 2 is 1.96 bits per heavy atom. The fraction of sp³-hybridized carbons (Fsp3) is 0.417. The summed E-state index contributed by atoms with van der Waals surface area (Å²) in [6, 6.07) is 15.6. The average Bonchev–Trinajstić information content (AvgIpc) is 2.72. The molecule has 0 amide bonds. The van der Waals surface area contributed by atoms with E-state index in [4.69, 9.17) is 5.26 Å². The molecule has 0 aliphatic heterocycles. The van der Waals surface area contributed by atoms with E-state index in [-0.39, 0.29) is 0 Å². The lowest BCUT2D eigenvalue weighted by atomic mass is 9.80. The highest BCUT2D eigenvalue weighted by Gasteiger charge is 2.30. The Hall–Kier alpha value is -2.25. The van der Waals surface area contributed by atoms with Gasteiger partial charge in [-0.1, -0.05) is 38.7 Å². The normalized spacial score (nSPS) is 18.3. The lowest BCUT2D eigenvalue weighted by Crippen LogP contribution is -2.19. The van der Waals surface area contributed by atoms with E-state index in [1.54, 1.807) is 6.07 Å². The number of nitriles is 1. The minimum atomic E-state index is -0.860. The number of benzene rings is 2. The van der Waals surface area contributed by atoms with Gasteiger partial charge < -0.3 is 5.11 Å². The van der Waals surface area contributed by atoms with Gasteiger partial charge in [-0.25, -0.2) is 4.79 Å². The van der Waals surface area contributed by atoms with E-state index in [1.165, 1.54) is 43.2 Å². The van der Waals surface area contributed by atoms with E-state index in [0.29, 0.717) is 22.3 Å². The number of carboxylic acids is 1. The number of hydrogen-bond donors (Lipinski definition) is 1. The van der Waals surface area contributed by atoms with E-state index >= 15 is 0 Å². The van der Waals surface area contributed by atoms with Gasteiger partial charge in [0, 0.05) is 10.1 Å².